The van der Waals surface area contributed by atoms with Gasteiger partial charge in [0.1, 0.15) is 4.99 Å². The van der Waals surface area contributed by atoms with E-state index in [4.69, 9.17) is 23.1 Å². The summed E-state index contributed by atoms with van der Waals surface area (Å²) >= 11 is 4.88. The summed E-state index contributed by atoms with van der Waals surface area (Å²) in [4.78, 5) is 0.108. The van der Waals surface area contributed by atoms with Crippen LogP contribution in [-0.4, -0.2) is 42.0 Å². The van der Waals surface area contributed by atoms with Gasteiger partial charge in [-0.3, -0.25) is 0 Å². The van der Waals surface area contributed by atoms with E-state index in [0.29, 0.717) is 5.56 Å². The second-order valence-corrected chi connectivity index (χ2v) is 6.59. The van der Waals surface area contributed by atoms with Crippen LogP contribution in [0.2, 0.25) is 0 Å². The van der Waals surface area contributed by atoms with Gasteiger partial charge in [0.2, 0.25) is 10.0 Å². The minimum atomic E-state index is -3.73. The number of aliphatic hydroxyl groups is 1. The van der Waals surface area contributed by atoms with Gasteiger partial charge in [-0.2, -0.15) is 4.31 Å². The largest absolute Gasteiger partial charge is 0.395 e. The Morgan fingerprint density at radius 3 is 2.47 bits per heavy atom. The summed E-state index contributed by atoms with van der Waals surface area (Å²) < 4.78 is 26.4. The Bertz CT molecular complexity index is 556. The summed E-state index contributed by atoms with van der Waals surface area (Å²) in [5, 5.41) is 9.02. The number of rotatable bonds is 6. The van der Waals surface area contributed by atoms with Crippen molar-refractivity contribution in [3.05, 3.63) is 29.8 Å². The van der Waals surface area contributed by atoms with Crippen molar-refractivity contribution < 1.29 is 13.5 Å². The van der Waals surface area contributed by atoms with Crippen molar-refractivity contribution in [3.8, 4) is 0 Å². The molecule has 3 N–H and O–H groups in total. The van der Waals surface area contributed by atoms with Gasteiger partial charge in [0.15, 0.2) is 0 Å². The van der Waals surface area contributed by atoms with Gasteiger partial charge < -0.3 is 10.8 Å². The van der Waals surface area contributed by atoms with Gasteiger partial charge in [-0.05, 0) is 19.9 Å². The fraction of sp³-hybridized carbons (Fsp3) is 0.417. The Morgan fingerprint density at radius 1 is 1.42 bits per heavy atom. The SMILES string of the molecule is CC(C)N(CCO)S(=O)(=O)c1ccccc1C(N)=S. The van der Waals surface area contributed by atoms with Crippen molar-refractivity contribution in [2.75, 3.05) is 13.2 Å². The van der Waals surface area contributed by atoms with Crippen LogP contribution in [0.15, 0.2) is 29.2 Å². The Labute approximate surface area is 119 Å². The molecule has 5 nitrogen and oxygen atoms in total. The lowest BCUT2D eigenvalue weighted by atomic mass is 10.2. The Hall–Kier alpha value is -1.02. The van der Waals surface area contributed by atoms with E-state index in [1.807, 2.05) is 0 Å². The van der Waals surface area contributed by atoms with E-state index in [1.54, 1.807) is 32.0 Å². The highest BCUT2D eigenvalue weighted by atomic mass is 32.2. The van der Waals surface area contributed by atoms with Gasteiger partial charge in [0.05, 0.1) is 11.5 Å². The average molecular weight is 302 g/mol. The number of sulfonamides is 1. The fourth-order valence-corrected chi connectivity index (χ4v) is 3.85. The van der Waals surface area contributed by atoms with Crippen molar-refractivity contribution in [2.45, 2.75) is 24.8 Å². The van der Waals surface area contributed by atoms with Gasteiger partial charge >= 0.3 is 0 Å². The molecule has 0 fully saturated rings. The first-order chi connectivity index (χ1) is 8.82. The van der Waals surface area contributed by atoms with Crippen molar-refractivity contribution >= 4 is 27.2 Å². The number of nitrogens with zero attached hydrogens (tertiary/aromatic N) is 1. The molecule has 0 amide bonds. The molecule has 19 heavy (non-hydrogen) atoms. The summed E-state index contributed by atoms with van der Waals surface area (Å²) in [6.45, 7) is 3.28. The smallest absolute Gasteiger partial charge is 0.244 e. The molecule has 0 aliphatic carbocycles. The zero-order valence-electron chi connectivity index (χ0n) is 10.9. The van der Waals surface area contributed by atoms with Crippen LogP contribution in [0.3, 0.4) is 0 Å². The molecule has 0 unspecified atom stereocenters. The second kappa shape index (κ2) is 6.42. The lowest BCUT2D eigenvalue weighted by Gasteiger charge is -2.26. The standard InChI is InChI=1S/C12H18N2O3S2/c1-9(2)14(7-8-15)19(16,17)11-6-4-3-5-10(11)12(13)18/h3-6,9,15H,7-8H2,1-2H3,(H2,13,18). The molecule has 0 saturated carbocycles. The molecule has 0 spiro atoms. The van der Waals surface area contributed by atoms with Crippen LogP contribution in [0, 0.1) is 0 Å². The summed E-state index contributed by atoms with van der Waals surface area (Å²) in [6, 6.07) is 6.07. The molecule has 0 aliphatic heterocycles. The molecule has 0 aliphatic rings. The Morgan fingerprint density at radius 2 is 2.00 bits per heavy atom. The third kappa shape index (κ3) is 3.50. The maximum absolute atomic E-state index is 12.6. The van der Waals surface area contributed by atoms with Gasteiger partial charge in [-0.15, -0.1) is 0 Å². The van der Waals surface area contributed by atoms with Crippen LogP contribution in [0.1, 0.15) is 19.4 Å². The average Bonchev–Trinajstić information content (AvgIpc) is 2.35. The topological polar surface area (TPSA) is 83.6 Å². The van der Waals surface area contributed by atoms with E-state index in [1.165, 1.54) is 10.4 Å². The van der Waals surface area contributed by atoms with Crippen molar-refractivity contribution in [3.63, 3.8) is 0 Å². The van der Waals surface area contributed by atoms with E-state index < -0.39 is 10.0 Å². The quantitative estimate of drug-likeness (QED) is 0.756. The van der Waals surface area contributed by atoms with Gasteiger partial charge in [-0.1, -0.05) is 30.4 Å². The van der Waals surface area contributed by atoms with E-state index in [-0.39, 0.29) is 29.1 Å². The summed E-state index contributed by atoms with van der Waals surface area (Å²) in [7, 11) is -3.73. The third-order valence-electron chi connectivity index (χ3n) is 2.64. The molecule has 0 bridgehead atoms. The number of hydrogen-bond donors (Lipinski definition) is 2. The van der Waals surface area contributed by atoms with Crippen LogP contribution in [0.25, 0.3) is 0 Å². The fourth-order valence-electron chi connectivity index (χ4n) is 1.78. The molecule has 1 aromatic carbocycles. The first-order valence-electron chi connectivity index (χ1n) is 5.84. The lowest BCUT2D eigenvalue weighted by molar-refractivity contribution is 0.236. The molecule has 1 rings (SSSR count). The van der Waals surface area contributed by atoms with E-state index in [2.05, 4.69) is 0 Å². The summed E-state index contributed by atoms with van der Waals surface area (Å²) in [5.41, 5.74) is 5.88. The minimum Gasteiger partial charge on any atom is -0.395 e. The third-order valence-corrected chi connectivity index (χ3v) is 4.99. The van der Waals surface area contributed by atoms with Gasteiger partial charge in [0, 0.05) is 18.2 Å². The monoisotopic (exact) mass is 302 g/mol. The maximum atomic E-state index is 12.6. The Kier molecular flexibility index (Phi) is 5.42. The highest BCUT2D eigenvalue weighted by Crippen LogP contribution is 2.21. The predicted octanol–water partition coefficient (Wildman–Crippen LogP) is 0.712. The van der Waals surface area contributed by atoms with E-state index in [9.17, 15) is 8.42 Å². The van der Waals surface area contributed by atoms with Crippen LogP contribution in [-0.2, 0) is 10.0 Å². The molecule has 7 heteroatoms. The molecule has 1 aromatic rings. The molecule has 0 aromatic heterocycles. The number of benzene rings is 1. The van der Waals surface area contributed by atoms with Gasteiger partial charge in [0.25, 0.3) is 0 Å². The molecule has 0 atom stereocenters. The van der Waals surface area contributed by atoms with E-state index >= 15 is 0 Å². The normalized spacial score (nSPS) is 12.1. The molecule has 0 saturated heterocycles. The summed E-state index contributed by atoms with van der Waals surface area (Å²) in [5.74, 6) is 0. The molecule has 0 heterocycles. The number of thiocarbonyl (C=S) groups is 1. The number of aliphatic hydroxyl groups excluding tert-OH is 1. The maximum Gasteiger partial charge on any atom is 0.244 e. The zero-order chi connectivity index (χ0) is 14.6. The van der Waals surface area contributed by atoms with Crippen LogP contribution < -0.4 is 5.73 Å². The van der Waals surface area contributed by atoms with Gasteiger partial charge in [-0.25, -0.2) is 8.42 Å². The van der Waals surface area contributed by atoms with E-state index in [0.717, 1.165) is 0 Å². The lowest BCUT2D eigenvalue weighted by Crippen LogP contribution is -2.39. The number of nitrogens with two attached hydrogens (primary N) is 1. The van der Waals surface area contributed by atoms with Crippen molar-refractivity contribution in [1.29, 1.82) is 0 Å². The molecule has 0 radical (unpaired) electrons. The number of hydrogen-bond acceptors (Lipinski definition) is 4. The predicted molar refractivity (Wildman–Crippen MR) is 78.4 cm³/mol. The summed E-state index contributed by atoms with van der Waals surface area (Å²) in [6.07, 6.45) is 0. The van der Waals surface area contributed by atoms with Crippen molar-refractivity contribution in [2.24, 2.45) is 5.73 Å². The highest BCUT2D eigenvalue weighted by Gasteiger charge is 2.28. The van der Waals surface area contributed by atoms with Crippen LogP contribution in [0.4, 0.5) is 0 Å². The van der Waals surface area contributed by atoms with Crippen molar-refractivity contribution in [1.82, 2.24) is 4.31 Å². The molecular weight excluding hydrogens is 284 g/mol. The first-order valence-corrected chi connectivity index (χ1v) is 7.68. The minimum absolute atomic E-state index is 0.0334. The first kappa shape index (κ1) is 16.0. The highest BCUT2D eigenvalue weighted by molar-refractivity contribution is 7.89. The Balaban J connectivity index is 3.37. The second-order valence-electron chi connectivity index (χ2n) is 4.29. The molecule has 106 valence electrons. The van der Waals surface area contributed by atoms with Crippen LogP contribution >= 0.6 is 12.2 Å². The van der Waals surface area contributed by atoms with Crippen LogP contribution in [0.5, 0.6) is 0 Å². The zero-order valence-corrected chi connectivity index (χ0v) is 12.5. The molecular formula is C12H18N2O3S2.